The summed E-state index contributed by atoms with van der Waals surface area (Å²) >= 11 is 0. The van der Waals surface area contributed by atoms with Crippen LogP contribution in [0.15, 0.2) is 30.3 Å². The van der Waals surface area contributed by atoms with Crippen molar-refractivity contribution in [1.82, 2.24) is 0 Å². The van der Waals surface area contributed by atoms with Crippen LogP contribution < -0.4 is 10.5 Å². The highest BCUT2D eigenvalue weighted by molar-refractivity contribution is 5.88. The van der Waals surface area contributed by atoms with Gasteiger partial charge < -0.3 is 15.6 Å². The predicted molar refractivity (Wildman–Crippen MR) is 113 cm³/mol. The van der Waals surface area contributed by atoms with Gasteiger partial charge in [0, 0.05) is 0 Å². The zero-order chi connectivity index (χ0) is 19.8. The molecule has 0 heterocycles. The third-order valence-electron chi connectivity index (χ3n) is 6.42. The number of fused-ring (bicyclic) bond motifs is 1. The molecule has 2 aromatic rings. The summed E-state index contributed by atoms with van der Waals surface area (Å²) < 4.78 is 6.41. The number of benzene rings is 2. The molecule has 27 heavy (non-hydrogen) atoms. The SMILES string of the molecule is Cc1c(OC2CCC(C(C)(C)C)CC2)ccc2cc([C@@](C)(N)CO)ccc12. The maximum absolute atomic E-state index is 9.52. The maximum atomic E-state index is 9.52. The van der Waals surface area contributed by atoms with Gasteiger partial charge in [0.15, 0.2) is 0 Å². The highest BCUT2D eigenvalue weighted by Gasteiger charge is 2.30. The van der Waals surface area contributed by atoms with Crippen molar-refractivity contribution in [2.45, 2.75) is 71.9 Å². The lowest BCUT2D eigenvalue weighted by atomic mass is 9.72. The number of hydrogen-bond donors (Lipinski definition) is 2. The molecule has 1 fully saturated rings. The molecular weight excluding hydrogens is 334 g/mol. The molecule has 3 nitrogen and oxygen atoms in total. The lowest BCUT2D eigenvalue weighted by Crippen LogP contribution is -2.36. The third kappa shape index (κ3) is 4.30. The second-order valence-electron chi connectivity index (χ2n) is 9.66. The lowest BCUT2D eigenvalue weighted by molar-refractivity contribution is 0.0878. The summed E-state index contributed by atoms with van der Waals surface area (Å²) in [6.45, 7) is 11.0. The van der Waals surface area contributed by atoms with Gasteiger partial charge in [-0.25, -0.2) is 0 Å². The Bertz CT molecular complexity index is 796. The predicted octanol–water partition coefficient (Wildman–Crippen LogP) is 5.30. The quantitative estimate of drug-likeness (QED) is 0.769. The highest BCUT2D eigenvalue weighted by Crippen LogP contribution is 2.39. The summed E-state index contributed by atoms with van der Waals surface area (Å²) in [5.74, 6) is 1.79. The number of rotatable bonds is 4. The Kier molecular flexibility index (Phi) is 5.56. The van der Waals surface area contributed by atoms with Crippen LogP contribution in [0.3, 0.4) is 0 Å². The molecule has 3 rings (SSSR count). The monoisotopic (exact) mass is 369 g/mol. The van der Waals surface area contributed by atoms with Crippen molar-refractivity contribution in [3.63, 3.8) is 0 Å². The molecule has 0 bridgehead atoms. The second-order valence-corrected chi connectivity index (χ2v) is 9.66. The van der Waals surface area contributed by atoms with Gasteiger partial charge in [-0.05, 0) is 84.9 Å². The van der Waals surface area contributed by atoms with Crippen LogP contribution in [-0.2, 0) is 5.54 Å². The van der Waals surface area contributed by atoms with E-state index < -0.39 is 5.54 Å². The first kappa shape index (κ1) is 20.2. The van der Waals surface area contributed by atoms with Gasteiger partial charge >= 0.3 is 0 Å². The summed E-state index contributed by atoms with van der Waals surface area (Å²) in [6.07, 6.45) is 5.10. The molecule has 0 aliphatic heterocycles. The van der Waals surface area contributed by atoms with E-state index >= 15 is 0 Å². The molecule has 0 radical (unpaired) electrons. The summed E-state index contributed by atoms with van der Waals surface area (Å²) in [5, 5.41) is 11.9. The minimum atomic E-state index is -0.719. The maximum Gasteiger partial charge on any atom is 0.123 e. The van der Waals surface area contributed by atoms with Gasteiger partial charge in [-0.2, -0.15) is 0 Å². The van der Waals surface area contributed by atoms with Crippen molar-refractivity contribution in [1.29, 1.82) is 0 Å². The van der Waals surface area contributed by atoms with Crippen molar-refractivity contribution in [2.75, 3.05) is 6.61 Å². The molecule has 1 atom stereocenters. The van der Waals surface area contributed by atoms with E-state index in [-0.39, 0.29) is 6.61 Å². The number of hydrogen-bond acceptors (Lipinski definition) is 3. The van der Waals surface area contributed by atoms with Crippen LogP contribution in [0, 0.1) is 18.3 Å². The molecule has 0 aromatic heterocycles. The summed E-state index contributed by atoms with van der Waals surface area (Å²) in [6, 6.07) is 10.4. The number of aliphatic hydroxyl groups is 1. The van der Waals surface area contributed by atoms with E-state index in [1.54, 1.807) is 0 Å². The number of aryl methyl sites for hydroxylation is 1. The molecule has 0 amide bonds. The highest BCUT2D eigenvalue weighted by atomic mass is 16.5. The van der Waals surface area contributed by atoms with Gasteiger partial charge in [-0.15, -0.1) is 0 Å². The van der Waals surface area contributed by atoms with Gasteiger partial charge in [0.25, 0.3) is 0 Å². The van der Waals surface area contributed by atoms with Crippen LogP contribution in [-0.4, -0.2) is 17.8 Å². The molecule has 3 heteroatoms. The fraction of sp³-hybridized carbons (Fsp3) is 0.583. The zero-order valence-corrected chi connectivity index (χ0v) is 17.5. The molecular formula is C24H35NO2. The van der Waals surface area contributed by atoms with E-state index in [1.807, 2.05) is 13.0 Å². The number of aliphatic hydroxyl groups excluding tert-OH is 1. The van der Waals surface area contributed by atoms with Crippen molar-refractivity contribution >= 4 is 10.8 Å². The standard InChI is InChI=1S/C24H35NO2/c1-16-21-12-9-19(24(5,25)15-26)14-17(21)6-13-22(16)27-20-10-7-18(8-11-20)23(2,3)4/h6,9,12-14,18,20,26H,7-8,10-11,15,25H2,1-5H3/t18?,20?,24-/m0/s1. The van der Waals surface area contributed by atoms with Crippen LogP contribution in [0.25, 0.3) is 10.8 Å². The van der Waals surface area contributed by atoms with E-state index in [2.05, 4.69) is 52.0 Å². The summed E-state index contributed by atoms with van der Waals surface area (Å²) in [5.41, 5.74) is 7.99. The van der Waals surface area contributed by atoms with Crippen LogP contribution in [0.1, 0.15) is 64.5 Å². The average molecular weight is 370 g/mol. The van der Waals surface area contributed by atoms with E-state index in [4.69, 9.17) is 10.5 Å². The summed E-state index contributed by atoms with van der Waals surface area (Å²) in [7, 11) is 0. The molecule has 0 saturated heterocycles. The molecule has 1 saturated carbocycles. The molecule has 1 aliphatic carbocycles. The van der Waals surface area contributed by atoms with Crippen LogP contribution >= 0.6 is 0 Å². The Balaban J connectivity index is 1.77. The normalized spacial score (nSPS) is 23.2. The van der Waals surface area contributed by atoms with Gasteiger partial charge in [-0.1, -0.05) is 39.0 Å². The molecule has 3 N–H and O–H groups in total. The van der Waals surface area contributed by atoms with Crippen LogP contribution in [0.4, 0.5) is 0 Å². The average Bonchev–Trinajstić information content (AvgIpc) is 2.63. The third-order valence-corrected chi connectivity index (χ3v) is 6.42. The molecule has 0 spiro atoms. The number of ether oxygens (including phenoxy) is 1. The molecule has 2 aromatic carbocycles. The van der Waals surface area contributed by atoms with Gasteiger partial charge in [0.05, 0.1) is 18.2 Å². The smallest absolute Gasteiger partial charge is 0.123 e. The van der Waals surface area contributed by atoms with E-state index in [0.717, 1.165) is 35.5 Å². The number of nitrogens with two attached hydrogens (primary N) is 1. The Morgan fingerprint density at radius 2 is 1.70 bits per heavy atom. The topological polar surface area (TPSA) is 55.5 Å². The van der Waals surface area contributed by atoms with Crippen molar-refractivity contribution in [3.8, 4) is 5.75 Å². The fourth-order valence-corrected chi connectivity index (χ4v) is 4.27. The Labute approximate surface area is 163 Å². The van der Waals surface area contributed by atoms with Gasteiger partial charge in [0.2, 0.25) is 0 Å². The first-order valence-electron chi connectivity index (χ1n) is 10.2. The lowest BCUT2D eigenvalue weighted by Gasteiger charge is -2.37. The minimum Gasteiger partial charge on any atom is -0.490 e. The van der Waals surface area contributed by atoms with Crippen LogP contribution in [0.2, 0.25) is 0 Å². The molecule has 148 valence electrons. The fourth-order valence-electron chi connectivity index (χ4n) is 4.27. The molecule has 0 unspecified atom stereocenters. The van der Waals surface area contributed by atoms with Gasteiger partial charge in [0.1, 0.15) is 5.75 Å². The Hall–Kier alpha value is -1.58. The largest absolute Gasteiger partial charge is 0.490 e. The summed E-state index contributed by atoms with van der Waals surface area (Å²) in [4.78, 5) is 0. The Morgan fingerprint density at radius 1 is 1.04 bits per heavy atom. The van der Waals surface area contributed by atoms with Crippen molar-refractivity contribution < 1.29 is 9.84 Å². The zero-order valence-electron chi connectivity index (χ0n) is 17.5. The molecule has 1 aliphatic rings. The van der Waals surface area contributed by atoms with E-state index in [0.29, 0.717) is 11.5 Å². The van der Waals surface area contributed by atoms with E-state index in [1.165, 1.54) is 23.8 Å². The van der Waals surface area contributed by atoms with Crippen LogP contribution in [0.5, 0.6) is 5.75 Å². The van der Waals surface area contributed by atoms with Crippen molar-refractivity contribution in [2.24, 2.45) is 17.1 Å². The second kappa shape index (κ2) is 7.44. The van der Waals surface area contributed by atoms with Gasteiger partial charge in [-0.3, -0.25) is 0 Å². The first-order chi connectivity index (χ1) is 12.6. The Morgan fingerprint density at radius 3 is 2.30 bits per heavy atom. The van der Waals surface area contributed by atoms with E-state index in [9.17, 15) is 5.11 Å². The minimum absolute atomic E-state index is 0.0735. The van der Waals surface area contributed by atoms with Crippen molar-refractivity contribution in [3.05, 3.63) is 41.5 Å². The first-order valence-corrected chi connectivity index (χ1v) is 10.2.